The molecular weight excluding hydrogens is 434 g/mol. The quantitative estimate of drug-likeness (QED) is 0.280. The maximum atomic E-state index is 12.5. The Morgan fingerprint density at radius 2 is 2.03 bits per heavy atom. The van der Waals surface area contributed by atoms with Gasteiger partial charge in [-0.25, -0.2) is 5.10 Å². The number of nitrogens with one attached hydrogen (secondary N) is 2. The van der Waals surface area contributed by atoms with E-state index in [1.54, 1.807) is 24.3 Å². The second-order valence-corrected chi connectivity index (χ2v) is 8.18. The zero-order chi connectivity index (χ0) is 23.9. The molecule has 0 aliphatic rings. The number of benzene rings is 2. The first kappa shape index (κ1) is 22.9. The molecule has 2 N–H and O–H groups in total. The molecule has 174 valence electrons. The molecule has 1 amide bonds. The third kappa shape index (κ3) is 5.74. The van der Waals surface area contributed by atoms with Gasteiger partial charge in [0.25, 0.3) is 0 Å². The van der Waals surface area contributed by atoms with Crippen molar-refractivity contribution in [2.75, 3.05) is 11.9 Å². The van der Waals surface area contributed by atoms with Gasteiger partial charge in [-0.1, -0.05) is 32.0 Å². The number of hydrogen-bond acceptors (Lipinski definition) is 7. The highest BCUT2D eigenvalue weighted by Crippen LogP contribution is 2.25. The highest BCUT2D eigenvalue weighted by atomic mass is 16.5. The van der Waals surface area contributed by atoms with E-state index in [0.717, 1.165) is 24.2 Å². The molecule has 0 atom stereocenters. The molecule has 0 saturated carbocycles. The number of H-pyrrole nitrogens is 1. The van der Waals surface area contributed by atoms with Gasteiger partial charge in [-0.15, -0.1) is 5.10 Å². The van der Waals surface area contributed by atoms with Gasteiger partial charge in [0.15, 0.2) is 16.8 Å². The van der Waals surface area contributed by atoms with Crippen molar-refractivity contribution in [3.05, 3.63) is 70.4 Å². The molecule has 0 radical (unpaired) electrons. The molecule has 0 bridgehead atoms. The standard InChI is InChI=1S/C25H25N5O4/c1-16(2)5-4-14-33-18-11-8-17(9-12-18)10-13-23(32)26-20-7-3-6-19-21(31)15-22(34-24(19)20)25-27-29-30-28-25/h3,6-13,15-16H,4-5,14H2,1-2H3,(H,26,32)(H,27,28,29,30)/b13-10+. The SMILES string of the molecule is CC(C)CCCOc1ccc(/C=C/C(=O)Nc2cccc3c(=O)cc(-c4nnn[nH]4)oc23)cc1. The van der Waals surface area contributed by atoms with Gasteiger partial charge in [-0.05, 0) is 65.1 Å². The molecule has 9 heteroatoms. The predicted octanol–water partition coefficient (Wildman–Crippen LogP) is 4.44. The lowest BCUT2D eigenvalue weighted by Crippen LogP contribution is -2.09. The Hall–Kier alpha value is -4.27. The minimum absolute atomic E-state index is 0.172. The molecule has 4 aromatic rings. The topological polar surface area (TPSA) is 123 Å². The van der Waals surface area contributed by atoms with Crippen molar-refractivity contribution in [2.24, 2.45) is 5.92 Å². The van der Waals surface area contributed by atoms with E-state index in [2.05, 4.69) is 39.8 Å². The number of ether oxygens (including phenoxy) is 1. The van der Waals surface area contributed by atoms with Crippen LogP contribution in [0.25, 0.3) is 28.6 Å². The van der Waals surface area contributed by atoms with Gasteiger partial charge >= 0.3 is 0 Å². The number of tetrazole rings is 1. The summed E-state index contributed by atoms with van der Waals surface area (Å²) in [5, 5.41) is 16.4. The molecule has 0 aliphatic heterocycles. The van der Waals surface area contributed by atoms with Crippen LogP contribution in [0.5, 0.6) is 5.75 Å². The minimum atomic E-state index is -0.365. The molecule has 2 aromatic carbocycles. The molecule has 0 fully saturated rings. The van der Waals surface area contributed by atoms with Crippen LogP contribution in [0.1, 0.15) is 32.3 Å². The number of aromatic amines is 1. The largest absolute Gasteiger partial charge is 0.494 e. The van der Waals surface area contributed by atoms with Crippen LogP contribution in [-0.2, 0) is 4.79 Å². The zero-order valence-electron chi connectivity index (χ0n) is 18.9. The highest BCUT2D eigenvalue weighted by Gasteiger charge is 2.13. The molecule has 34 heavy (non-hydrogen) atoms. The van der Waals surface area contributed by atoms with E-state index in [9.17, 15) is 9.59 Å². The van der Waals surface area contributed by atoms with Gasteiger partial charge < -0.3 is 14.5 Å². The summed E-state index contributed by atoms with van der Waals surface area (Å²) in [6, 6.07) is 13.8. The second-order valence-electron chi connectivity index (χ2n) is 8.18. The van der Waals surface area contributed by atoms with Crippen LogP contribution in [0.3, 0.4) is 0 Å². The molecule has 2 heterocycles. The first-order valence-electron chi connectivity index (χ1n) is 11.0. The molecule has 9 nitrogen and oxygen atoms in total. The molecule has 0 aliphatic carbocycles. The fourth-order valence-electron chi connectivity index (χ4n) is 3.36. The van der Waals surface area contributed by atoms with Crippen molar-refractivity contribution in [3.8, 4) is 17.3 Å². The van der Waals surface area contributed by atoms with Crippen molar-refractivity contribution < 1.29 is 13.9 Å². The zero-order valence-corrected chi connectivity index (χ0v) is 18.9. The van der Waals surface area contributed by atoms with Crippen molar-refractivity contribution in [2.45, 2.75) is 26.7 Å². The second kappa shape index (κ2) is 10.6. The van der Waals surface area contributed by atoms with E-state index >= 15 is 0 Å². The van der Waals surface area contributed by atoms with Crippen LogP contribution in [0, 0.1) is 5.92 Å². The summed E-state index contributed by atoms with van der Waals surface area (Å²) in [4.78, 5) is 25.0. The maximum Gasteiger partial charge on any atom is 0.248 e. The number of carbonyl (C=O) groups excluding carboxylic acids is 1. The molecule has 2 aromatic heterocycles. The Bertz CT molecular complexity index is 1340. The Morgan fingerprint density at radius 3 is 2.76 bits per heavy atom. The Labute approximate surface area is 195 Å². The van der Waals surface area contributed by atoms with E-state index in [-0.39, 0.29) is 28.5 Å². The van der Waals surface area contributed by atoms with Crippen LogP contribution < -0.4 is 15.5 Å². The average Bonchev–Trinajstić information content (AvgIpc) is 3.37. The summed E-state index contributed by atoms with van der Waals surface area (Å²) >= 11 is 0. The number of hydrogen-bond donors (Lipinski definition) is 2. The number of nitrogens with zero attached hydrogens (tertiary/aromatic N) is 3. The fraction of sp³-hybridized carbons (Fsp3) is 0.240. The third-order valence-electron chi connectivity index (χ3n) is 5.09. The summed E-state index contributed by atoms with van der Waals surface area (Å²) in [5.74, 6) is 1.49. The monoisotopic (exact) mass is 459 g/mol. The lowest BCUT2D eigenvalue weighted by atomic mass is 10.1. The van der Waals surface area contributed by atoms with Gasteiger partial charge in [-0.2, -0.15) is 0 Å². The van der Waals surface area contributed by atoms with E-state index < -0.39 is 0 Å². The van der Waals surface area contributed by atoms with Gasteiger partial charge in [-0.3, -0.25) is 9.59 Å². The van der Waals surface area contributed by atoms with Crippen LogP contribution in [0.15, 0.2) is 63.8 Å². The lowest BCUT2D eigenvalue weighted by Gasteiger charge is -2.08. The maximum absolute atomic E-state index is 12.5. The Balaban J connectivity index is 1.43. The molecule has 0 spiro atoms. The number of anilines is 1. The summed E-state index contributed by atoms with van der Waals surface area (Å²) in [6.07, 6.45) is 5.27. The summed E-state index contributed by atoms with van der Waals surface area (Å²) < 4.78 is 11.6. The number of rotatable bonds is 9. The lowest BCUT2D eigenvalue weighted by molar-refractivity contribution is -0.111. The van der Waals surface area contributed by atoms with Crippen molar-refractivity contribution >= 4 is 28.6 Å². The molecule has 0 unspecified atom stereocenters. The highest BCUT2D eigenvalue weighted by molar-refractivity contribution is 6.06. The smallest absolute Gasteiger partial charge is 0.248 e. The number of para-hydroxylation sites is 1. The van der Waals surface area contributed by atoms with Gasteiger partial charge in [0, 0.05) is 12.1 Å². The van der Waals surface area contributed by atoms with E-state index in [1.807, 2.05) is 24.3 Å². The first-order valence-corrected chi connectivity index (χ1v) is 11.0. The summed E-state index contributed by atoms with van der Waals surface area (Å²) in [7, 11) is 0. The minimum Gasteiger partial charge on any atom is -0.494 e. The van der Waals surface area contributed by atoms with Gasteiger partial charge in [0.2, 0.25) is 11.7 Å². The van der Waals surface area contributed by atoms with E-state index in [4.69, 9.17) is 9.15 Å². The van der Waals surface area contributed by atoms with Crippen molar-refractivity contribution in [3.63, 3.8) is 0 Å². The third-order valence-corrected chi connectivity index (χ3v) is 5.09. The Kier molecular flexibility index (Phi) is 7.12. The normalized spacial score (nSPS) is 11.4. The van der Waals surface area contributed by atoms with Crippen LogP contribution in [0.2, 0.25) is 0 Å². The number of aromatic nitrogens is 4. The number of carbonyl (C=O) groups is 1. The molecular formula is C25H25N5O4. The Morgan fingerprint density at radius 1 is 1.21 bits per heavy atom. The molecule has 4 rings (SSSR count). The van der Waals surface area contributed by atoms with E-state index in [1.165, 1.54) is 12.1 Å². The van der Waals surface area contributed by atoms with Crippen LogP contribution >= 0.6 is 0 Å². The number of amides is 1. The summed E-state index contributed by atoms with van der Waals surface area (Å²) in [6.45, 7) is 5.08. The molecule has 0 saturated heterocycles. The van der Waals surface area contributed by atoms with Crippen LogP contribution in [0.4, 0.5) is 5.69 Å². The van der Waals surface area contributed by atoms with Crippen molar-refractivity contribution in [1.82, 2.24) is 20.6 Å². The summed E-state index contributed by atoms with van der Waals surface area (Å²) in [5.41, 5.74) is 1.19. The first-order chi connectivity index (χ1) is 16.5. The van der Waals surface area contributed by atoms with Gasteiger partial charge in [0.05, 0.1) is 17.7 Å². The average molecular weight is 460 g/mol. The predicted molar refractivity (Wildman–Crippen MR) is 129 cm³/mol. The number of fused-ring (bicyclic) bond motifs is 1. The fourth-order valence-corrected chi connectivity index (χ4v) is 3.36. The van der Waals surface area contributed by atoms with Gasteiger partial charge in [0.1, 0.15) is 5.75 Å². The van der Waals surface area contributed by atoms with E-state index in [0.29, 0.717) is 23.6 Å². The van der Waals surface area contributed by atoms with Crippen molar-refractivity contribution in [1.29, 1.82) is 0 Å². The van der Waals surface area contributed by atoms with Crippen LogP contribution in [-0.4, -0.2) is 33.1 Å².